The molecule has 30 heavy (non-hydrogen) atoms. The van der Waals surface area contributed by atoms with Crippen molar-refractivity contribution < 1.29 is 23.2 Å². The van der Waals surface area contributed by atoms with Crippen LogP contribution in [0.4, 0.5) is 14.5 Å². The number of benzene rings is 2. The molecule has 2 heterocycles. The number of anilines is 1. The summed E-state index contributed by atoms with van der Waals surface area (Å²) >= 11 is 0. The van der Waals surface area contributed by atoms with Crippen LogP contribution >= 0.6 is 0 Å². The summed E-state index contributed by atoms with van der Waals surface area (Å²) < 4.78 is 26.9. The summed E-state index contributed by atoms with van der Waals surface area (Å²) in [6, 6.07) is 7.74. The fourth-order valence-corrected chi connectivity index (χ4v) is 4.12. The lowest BCUT2D eigenvalue weighted by atomic mass is 10.1. The second-order valence-corrected chi connectivity index (χ2v) is 7.56. The number of aryl methyl sites for hydroxylation is 1. The van der Waals surface area contributed by atoms with Gasteiger partial charge < -0.3 is 15.1 Å². The molecule has 1 atom stereocenters. The van der Waals surface area contributed by atoms with Crippen molar-refractivity contribution in [3.05, 3.63) is 64.7 Å². The molecule has 8 heteroatoms. The van der Waals surface area contributed by atoms with Gasteiger partial charge in [0.05, 0.1) is 11.3 Å². The average molecular weight is 413 g/mol. The maximum Gasteiger partial charge on any atom is 0.256 e. The first-order valence-electron chi connectivity index (χ1n) is 9.79. The third-order valence-electron chi connectivity index (χ3n) is 5.60. The molecule has 2 aliphatic rings. The number of hydrogen-bond donors (Lipinski definition) is 1. The molecule has 0 radical (unpaired) electrons. The number of para-hydroxylation sites is 1. The lowest BCUT2D eigenvalue weighted by molar-refractivity contribution is -0.125. The number of rotatable bonds is 4. The molecule has 1 fully saturated rings. The van der Waals surface area contributed by atoms with Gasteiger partial charge >= 0.3 is 0 Å². The standard InChI is InChI=1S/C22H21F2N3O3/c1-13-4-2-5-16-20(13)27(22(30)18-6-3-9-26(18)21(16)29)12-19(28)25-11-14-7-8-15(23)10-17(14)24/h2,4-5,7-8,10,18H,3,6,9,11-12H2,1H3,(H,25,28)/t18-/m1/s1. The van der Waals surface area contributed by atoms with Crippen LogP contribution < -0.4 is 10.2 Å². The molecular formula is C22H21F2N3O3. The summed E-state index contributed by atoms with van der Waals surface area (Å²) in [5, 5.41) is 2.57. The number of carbonyl (C=O) groups is 3. The van der Waals surface area contributed by atoms with Gasteiger partial charge in [0, 0.05) is 24.7 Å². The first-order valence-corrected chi connectivity index (χ1v) is 9.79. The topological polar surface area (TPSA) is 69.7 Å². The summed E-state index contributed by atoms with van der Waals surface area (Å²) in [6.45, 7) is 1.86. The summed E-state index contributed by atoms with van der Waals surface area (Å²) in [5.74, 6) is -2.46. The first kappa shape index (κ1) is 20.0. The third-order valence-corrected chi connectivity index (χ3v) is 5.60. The van der Waals surface area contributed by atoms with Crippen molar-refractivity contribution in [3.63, 3.8) is 0 Å². The van der Waals surface area contributed by atoms with Crippen LogP contribution in [-0.4, -0.2) is 41.8 Å². The number of amides is 3. The van der Waals surface area contributed by atoms with Gasteiger partial charge in [-0.25, -0.2) is 8.78 Å². The first-order chi connectivity index (χ1) is 14.4. The van der Waals surface area contributed by atoms with Crippen molar-refractivity contribution in [2.24, 2.45) is 0 Å². The van der Waals surface area contributed by atoms with Crippen LogP contribution in [0, 0.1) is 18.6 Å². The highest BCUT2D eigenvalue weighted by molar-refractivity contribution is 6.13. The van der Waals surface area contributed by atoms with Gasteiger partial charge in [-0.2, -0.15) is 0 Å². The number of halogens is 2. The maximum absolute atomic E-state index is 13.8. The van der Waals surface area contributed by atoms with Crippen LogP contribution in [0.3, 0.4) is 0 Å². The normalized spacial score (nSPS) is 18.2. The Morgan fingerprint density at radius 2 is 2.00 bits per heavy atom. The van der Waals surface area contributed by atoms with Crippen LogP contribution in [0.15, 0.2) is 36.4 Å². The van der Waals surface area contributed by atoms with Crippen molar-refractivity contribution in [2.75, 3.05) is 18.0 Å². The Hall–Kier alpha value is -3.29. The van der Waals surface area contributed by atoms with Gasteiger partial charge in [0.25, 0.3) is 5.91 Å². The molecule has 0 aromatic heterocycles. The van der Waals surface area contributed by atoms with Gasteiger partial charge in [-0.05, 0) is 37.5 Å². The van der Waals surface area contributed by atoms with Crippen LogP contribution in [0.5, 0.6) is 0 Å². The van der Waals surface area contributed by atoms with Crippen molar-refractivity contribution in [1.29, 1.82) is 0 Å². The highest BCUT2D eigenvalue weighted by Gasteiger charge is 2.42. The Kier molecular flexibility index (Phi) is 5.24. The zero-order valence-electron chi connectivity index (χ0n) is 16.5. The predicted molar refractivity (Wildman–Crippen MR) is 106 cm³/mol. The average Bonchev–Trinajstić information content (AvgIpc) is 3.17. The molecule has 156 valence electrons. The molecule has 2 aliphatic heterocycles. The largest absolute Gasteiger partial charge is 0.350 e. The SMILES string of the molecule is Cc1cccc2c1N(CC(=O)NCc1ccc(F)cc1F)C(=O)[C@H]1CCCN1C2=O. The minimum absolute atomic E-state index is 0.137. The fourth-order valence-electron chi connectivity index (χ4n) is 4.12. The summed E-state index contributed by atoms with van der Waals surface area (Å²) in [4.78, 5) is 41.8. The minimum atomic E-state index is -0.755. The predicted octanol–water partition coefficient (Wildman–Crippen LogP) is 2.54. The Morgan fingerprint density at radius 1 is 1.20 bits per heavy atom. The Morgan fingerprint density at radius 3 is 2.77 bits per heavy atom. The van der Waals surface area contributed by atoms with Gasteiger partial charge in [0.15, 0.2) is 0 Å². The van der Waals surface area contributed by atoms with Crippen molar-refractivity contribution in [1.82, 2.24) is 10.2 Å². The Bertz CT molecular complexity index is 1040. The van der Waals surface area contributed by atoms with Crippen LogP contribution in [-0.2, 0) is 16.1 Å². The Labute approximate surface area is 172 Å². The molecular weight excluding hydrogens is 392 g/mol. The van der Waals surface area contributed by atoms with E-state index < -0.39 is 23.6 Å². The quantitative estimate of drug-likeness (QED) is 0.838. The summed E-state index contributed by atoms with van der Waals surface area (Å²) in [7, 11) is 0. The number of fused-ring (bicyclic) bond motifs is 2. The van der Waals surface area contributed by atoms with E-state index in [4.69, 9.17) is 0 Å². The lowest BCUT2D eigenvalue weighted by Gasteiger charge is -2.26. The molecule has 2 aromatic carbocycles. The highest BCUT2D eigenvalue weighted by atomic mass is 19.1. The van der Waals surface area contributed by atoms with E-state index >= 15 is 0 Å². The van der Waals surface area contributed by atoms with Gasteiger partial charge in [0.1, 0.15) is 24.2 Å². The van der Waals surface area contributed by atoms with Crippen molar-refractivity contribution in [3.8, 4) is 0 Å². The number of nitrogens with zero attached hydrogens (tertiary/aromatic N) is 2. The number of carbonyl (C=O) groups excluding carboxylic acids is 3. The molecule has 0 saturated carbocycles. The second kappa shape index (κ2) is 7.85. The highest BCUT2D eigenvalue weighted by Crippen LogP contribution is 2.34. The van der Waals surface area contributed by atoms with E-state index in [2.05, 4.69) is 5.32 Å². The molecule has 0 bridgehead atoms. The maximum atomic E-state index is 13.8. The zero-order valence-corrected chi connectivity index (χ0v) is 16.5. The van der Waals surface area contributed by atoms with Gasteiger partial charge in [-0.1, -0.05) is 18.2 Å². The van der Waals surface area contributed by atoms with Gasteiger partial charge in [-0.3, -0.25) is 14.4 Å². The van der Waals surface area contributed by atoms with E-state index in [0.29, 0.717) is 29.8 Å². The Balaban J connectivity index is 1.59. The third kappa shape index (κ3) is 3.53. The number of nitrogens with one attached hydrogen (secondary N) is 1. The monoisotopic (exact) mass is 413 g/mol. The molecule has 0 unspecified atom stereocenters. The van der Waals surface area contributed by atoms with Crippen LogP contribution in [0.2, 0.25) is 0 Å². The molecule has 0 spiro atoms. The molecule has 1 N–H and O–H groups in total. The van der Waals surface area contributed by atoms with E-state index in [1.54, 1.807) is 30.0 Å². The fraction of sp³-hybridized carbons (Fsp3) is 0.318. The molecule has 6 nitrogen and oxygen atoms in total. The summed E-state index contributed by atoms with van der Waals surface area (Å²) in [6.07, 6.45) is 1.28. The summed E-state index contributed by atoms with van der Waals surface area (Å²) in [5.41, 5.74) is 1.68. The minimum Gasteiger partial charge on any atom is -0.350 e. The molecule has 3 amide bonds. The van der Waals surface area contributed by atoms with E-state index in [1.165, 1.54) is 11.0 Å². The van der Waals surface area contributed by atoms with Crippen LogP contribution in [0.1, 0.15) is 34.3 Å². The number of hydrogen-bond acceptors (Lipinski definition) is 3. The zero-order chi connectivity index (χ0) is 21.4. The molecule has 4 rings (SSSR count). The molecule has 2 aromatic rings. The van der Waals surface area contributed by atoms with E-state index in [-0.39, 0.29) is 30.5 Å². The molecule has 1 saturated heterocycles. The van der Waals surface area contributed by atoms with Crippen molar-refractivity contribution >= 4 is 23.4 Å². The van der Waals surface area contributed by atoms with E-state index in [0.717, 1.165) is 18.6 Å². The van der Waals surface area contributed by atoms with Gasteiger partial charge in [-0.15, -0.1) is 0 Å². The van der Waals surface area contributed by atoms with E-state index in [9.17, 15) is 23.2 Å². The van der Waals surface area contributed by atoms with Gasteiger partial charge in [0.2, 0.25) is 11.8 Å². The van der Waals surface area contributed by atoms with Crippen molar-refractivity contribution in [2.45, 2.75) is 32.4 Å². The van der Waals surface area contributed by atoms with E-state index in [1.807, 2.05) is 0 Å². The molecule has 0 aliphatic carbocycles. The van der Waals surface area contributed by atoms with Crippen LogP contribution in [0.25, 0.3) is 0 Å². The second-order valence-electron chi connectivity index (χ2n) is 7.56. The smallest absolute Gasteiger partial charge is 0.256 e. The lowest BCUT2D eigenvalue weighted by Crippen LogP contribution is -2.48.